The number of aromatic nitrogens is 2. The third-order valence-corrected chi connectivity index (χ3v) is 4.00. The van der Waals surface area contributed by atoms with Gasteiger partial charge in [0.1, 0.15) is 5.56 Å². The lowest BCUT2D eigenvalue weighted by atomic mass is 10.1. The van der Waals surface area contributed by atoms with Gasteiger partial charge in [-0.15, -0.1) is 0 Å². The summed E-state index contributed by atoms with van der Waals surface area (Å²) in [5, 5.41) is 24.2. The van der Waals surface area contributed by atoms with Gasteiger partial charge in [0.05, 0.1) is 26.5 Å². The first-order valence-electron chi connectivity index (χ1n) is 5.56. The number of aromatic carboxylic acids is 1. The Morgan fingerprint density at radius 2 is 2.10 bits per heavy atom. The van der Waals surface area contributed by atoms with E-state index in [1.165, 1.54) is 22.9 Å². The van der Waals surface area contributed by atoms with Gasteiger partial charge in [0, 0.05) is 6.07 Å². The predicted molar refractivity (Wildman–Crippen MR) is 74.4 cm³/mol. The van der Waals surface area contributed by atoms with Crippen LogP contribution in [-0.4, -0.2) is 25.8 Å². The maximum absolute atomic E-state index is 11.0. The molecule has 1 N–H and O–H groups in total. The maximum Gasteiger partial charge on any atom is 0.342 e. The molecule has 0 radical (unpaired) electrons. The number of nitro groups is 1. The Hall–Kier alpha value is -2.22. The lowest BCUT2D eigenvalue weighted by Crippen LogP contribution is -2.05. The number of rotatable bonds is 3. The Morgan fingerprint density at radius 1 is 1.45 bits per heavy atom. The monoisotopic (exact) mass is 339 g/mol. The fourth-order valence-electron chi connectivity index (χ4n) is 1.86. The maximum atomic E-state index is 11.0. The van der Waals surface area contributed by atoms with E-state index < -0.39 is 16.6 Å². The van der Waals surface area contributed by atoms with E-state index in [0.29, 0.717) is 5.69 Å². The summed E-state index contributed by atoms with van der Waals surface area (Å²) >= 11 is 3.37. The zero-order valence-electron chi connectivity index (χ0n) is 10.6. The quantitative estimate of drug-likeness (QED) is 0.684. The van der Waals surface area contributed by atoms with Crippen LogP contribution in [0.5, 0.6) is 0 Å². The summed E-state index contributed by atoms with van der Waals surface area (Å²) in [6.07, 6.45) is 0. The van der Waals surface area contributed by atoms with Crippen molar-refractivity contribution in [2.75, 3.05) is 0 Å². The number of carbonyl (C=O) groups is 1. The van der Waals surface area contributed by atoms with Gasteiger partial charge in [-0.1, -0.05) is 0 Å². The molecule has 104 valence electrons. The van der Waals surface area contributed by atoms with Crippen LogP contribution in [0.25, 0.3) is 5.69 Å². The smallest absolute Gasteiger partial charge is 0.342 e. The van der Waals surface area contributed by atoms with Crippen LogP contribution in [0.1, 0.15) is 21.7 Å². The highest BCUT2D eigenvalue weighted by molar-refractivity contribution is 9.10. The van der Waals surface area contributed by atoms with Crippen LogP contribution < -0.4 is 0 Å². The Bertz CT molecular complexity index is 724. The van der Waals surface area contributed by atoms with E-state index in [9.17, 15) is 14.9 Å². The minimum absolute atomic E-state index is 0.348. The van der Waals surface area contributed by atoms with E-state index in [2.05, 4.69) is 21.0 Å². The molecule has 0 saturated carbocycles. The molecule has 0 bridgehead atoms. The number of nitrogens with zero attached hydrogens (tertiary/aromatic N) is 3. The van der Waals surface area contributed by atoms with Gasteiger partial charge in [-0.3, -0.25) is 10.1 Å². The molecule has 1 heterocycles. The molecule has 0 unspecified atom stereocenters. The first-order valence-corrected chi connectivity index (χ1v) is 6.36. The molecule has 0 aliphatic heterocycles. The molecular weight excluding hydrogens is 330 g/mol. The Labute approximate surface area is 122 Å². The molecule has 2 rings (SSSR count). The zero-order chi connectivity index (χ0) is 15.0. The van der Waals surface area contributed by atoms with Gasteiger partial charge in [-0.25, -0.2) is 9.48 Å². The predicted octanol–water partition coefficient (Wildman–Crippen LogP) is 2.86. The SMILES string of the molecule is Cc1nn(-c2ccc(C(=O)O)c([N+](=O)[O-])c2)c(C)c1Br. The van der Waals surface area contributed by atoms with Gasteiger partial charge in [-0.2, -0.15) is 5.10 Å². The van der Waals surface area contributed by atoms with Crippen molar-refractivity contribution in [3.8, 4) is 5.69 Å². The topological polar surface area (TPSA) is 98.3 Å². The Morgan fingerprint density at radius 3 is 2.55 bits per heavy atom. The summed E-state index contributed by atoms with van der Waals surface area (Å²) < 4.78 is 2.33. The van der Waals surface area contributed by atoms with Crippen molar-refractivity contribution in [1.29, 1.82) is 0 Å². The summed E-state index contributed by atoms with van der Waals surface area (Å²) in [7, 11) is 0. The summed E-state index contributed by atoms with van der Waals surface area (Å²) in [5.41, 5.74) is 1.15. The number of halogens is 1. The van der Waals surface area contributed by atoms with Crippen molar-refractivity contribution >= 4 is 27.6 Å². The molecule has 0 fully saturated rings. The largest absolute Gasteiger partial charge is 0.477 e. The summed E-state index contributed by atoms with van der Waals surface area (Å²) in [6, 6.07) is 3.90. The Kier molecular flexibility index (Phi) is 3.58. The number of benzene rings is 1. The van der Waals surface area contributed by atoms with Crippen molar-refractivity contribution in [3.63, 3.8) is 0 Å². The van der Waals surface area contributed by atoms with E-state index in [-0.39, 0.29) is 5.56 Å². The number of carboxylic acids is 1. The normalized spacial score (nSPS) is 10.6. The second kappa shape index (κ2) is 5.04. The highest BCUT2D eigenvalue weighted by atomic mass is 79.9. The van der Waals surface area contributed by atoms with Crippen molar-refractivity contribution < 1.29 is 14.8 Å². The van der Waals surface area contributed by atoms with E-state index in [1.807, 2.05) is 0 Å². The van der Waals surface area contributed by atoms with E-state index in [0.717, 1.165) is 15.9 Å². The number of aryl methyl sites for hydroxylation is 1. The minimum atomic E-state index is -1.34. The van der Waals surface area contributed by atoms with Gasteiger partial charge < -0.3 is 5.11 Å². The zero-order valence-corrected chi connectivity index (χ0v) is 12.2. The Balaban J connectivity index is 2.65. The average molecular weight is 340 g/mol. The summed E-state index contributed by atoms with van der Waals surface area (Å²) in [5.74, 6) is -1.34. The number of carboxylic acid groups (broad SMARTS) is 1. The summed E-state index contributed by atoms with van der Waals surface area (Å²) in [6.45, 7) is 3.61. The van der Waals surface area contributed by atoms with Gasteiger partial charge >= 0.3 is 5.97 Å². The second-order valence-electron chi connectivity index (χ2n) is 4.16. The molecule has 1 aromatic carbocycles. The molecule has 20 heavy (non-hydrogen) atoms. The molecular formula is C12H10BrN3O4. The van der Waals surface area contributed by atoms with Crippen LogP contribution >= 0.6 is 15.9 Å². The third kappa shape index (κ3) is 2.29. The van der Waals surface area contributed by atoms with Gasteiger partial charge in [0.2, 0.25) is 0 Å². The van der Waals surface area contributed by atoms with Crippen LogP contribution in [0.4, 0.5) is 5.69 Å². The van der Waals surface area contributed by atoms with Crippen LogP contribution in [-0.2, 0) is 0 Å². The van der Waals surface area contributed by atoms with E-state index in [1.54, 1.807) is 13.8 Å². The molecule has 8 heteroatoms. The van der Waals surface area contributed by atoms with Crippen LogP contribution in [0.2, 0.25) is 0 Å². The number of hydrogen-bond acceptors (Lipinski definition) is 4. The van der Waals surface area contributed by atoms with Gasteiger partial charge in [0.15, 0.2) is 0 Å². The first kappa shape index (κ1) is 14.2. The standard InChI is InChI=1S/C12H10BrN3O4/c1-6-11(13)7(2)15(14-6)8-3-4-9(12(17)18)10(5-8)16(19)20/h3-5H,1-2H3,(H,17,18). The van der Waals surface area contributed by atoms with E-state index >= 15 is 0 Å². The average Bonchev–Trinajstić information content (AvgIpc) is 2.65. The number of nitro benzene ring substituents is 1. The highest BCUT2D eigenvalue weighted by Gasteiger charge is 2.21. The molecule has 1 aromatic heterocycles. The molecule has 2 aromatic rings. The summed E-state index contributed by atoms with van der Waals surface area (Å²) in [4.78, 5) is 21.2. The molecule has 0 saturated heterocycles. The van der Waals surface area contributed by atoms with Crippen LogP contribution in [0, 0.1) is 24.0 Å². The minimum Gasteiger partial charge on any atom is -0.477 e. The fourth-order valence-corrected chi connectivity index (χ4v) is 2.11. The van der Waals surface area contributed by atoms with Crippen molar-refractivity contribution in [2.24, 2.45) is 0 Å². The van der Waals surface area contributed by atoms with Gasteiger partial charge in [-0.05, 0) is 41.9 Å². The molecule has 0 amide bonds. The van der Waals surface area contributed by atoms with Crippen molar-refractivity contribution in [1.82, 2.24) is 9.78 Å². The number of hydrogen-bond donors (Lipinski definition) is 1. The molecule has 0 spiro atoms. The van der Waals surface area contributed by atoms with Crippen LogP contribution in [0.15, 0.2) is 22.7 Å². The first-order chi connectivity index (χ1) is 9.32. The fraction of sp³-hybridized carbons (Fsp3) is 0.167. The lowest BCUT2D eigenvalue weighted by Gasteiger charge is -2.05. The van der Waals surface area contributed by atoms with Crippen molar-refractivity contribution in [2.45, 2.75) is 13.8 Å². The second-order valence-corrected chi connectivity index (χ2v) is 4.95. The molecule has 0 aliphatic rings. The molecule has 7 nitrogen and oxygen atoms in total. The molecule has 0 aliphatic carbocycles. The highest BCUT2D eigenvalue weighted by Crippen LogP contribution is 2.26. The van der Waals surface area contributed by atoms with Gasteiger partial charge in [0.25, 0.3) is 5.69 Å². The van der Waals surface area contributed by atoms with Crippen molar-refractivity contribution in [3.05, 3.63) is 49.7 Å². The van der Waals surface area contributed by atoms with E-state index in [4.69, 9.17) is 5.11 Å². The van der Waals surface area contributed by atoms with Crippen LogP contribution in [0.3, 0.4) is 0 Å². The molecule has 0 atom stereocenters. The lowest BCUT2D eigenvalue weighted by molar-refractivity contribution is -0.385. The third-order valence-electron chi connectivity index (χ3n) is 2.86.